The molecular formula is C11H9F2NO2S2. The predicted molar refractivity (Wildman–Crippen MR) is 66.2 cm³/mol. The van der Waals surface area contributed by atoms with Gasteiger partial charge in [0.1, 0.15) is 15.8 Å². The summed E-state index contributed by atoms with van der Waals surface area (Å²) in [5.41, 5.74) is -0.276. The van der Waals surface area contributed by atoms with Gasteiger partial charge in [0.15, 0.2) is 0 Å². The van der Waals surface area contributed by atoms with Gasteiger partial charge in [-0.2, -0.15) is 0 Å². The van der Waals surface area contributed by atoms with Crippen molar-refractivity contribution in [1.82, 2.24) is 0 Å². The Morgan fingerprint density at radius 2 is 1.89 bits per heavy atom. The van der Waals surface area contributed by atoms with E-state index in [1.807, 2.05) is 0 Å². The Kier molecular flexibility index (Phi) is 3.36. The number of nitrogens with one attached hydrogen (secondary N) is 1. The number of hydrogen-bond acceptors (Lipinski definition) is 3. The molecule has 1 N–H and O–H groups in total. The van der Waals surface area contributed by atoms with Crippen molar-refractivity contribution >= 4 is 27.0 Å². The fourth-order valence-corrected chi connectivity index (χ4v) is 3.67. The third kappa shape index (κ3) is 2.68. The molecule has 7 heteroatoms. The lowest BCUT2D eigenvalue weighted by atomic mass is 10.3. The minimum atomic E-state index is -3.82. The number of anilines is 1. The summed E-state index contributed by atoms with van der Waals surface area (Å²) in [5.74, 6) is -1.71. The van der Waals surface area contributed by atoms with Crippen LogP contribution in [0.3, 0.4) is 0 Å². The summed E-state index contributed by atoms with van der Waals surface area (Å²) in [7, 11) is -3.82. The second-order valence-electron chi connectivity index (χ2n) is 3.59. The molecule has 0 fully saturated rings. The Hall–Kier alpha value is -1.47. The van der Waals surface area contributed by atoms with Gasteiger partial charge >= 0.3 is 0 Å². The van der Waals surface area contributed by atoms with Crippen LogP contribution in [-0.4, -0.2) is 8.42 Å². The van der Waals surface area contributed by atoms with Crippen LogP contribution in [-0.2, 0) is 10.0 Å². The molecule has 0 unspecified atom stereocenters. The highest BCUT2D eigenvalue weighted by Crippen LogP contribution is 2.24. The molecule has 0 radical (unpaired) electrons. The summed E-state index contributed by atoms with van der Waals surface area (Å²) < 4.78 is 52.0. The van der Waals surface area contributed by atoms with Gasteiger partial charge in [0.25, 0.3) is 10.0 Å². The fraction of sp³-hybridized carbons (Fsp3) is 0.0909. The SMILES string of the molecule is Cc1ccc(S(=O)(=O)Nc2ccc(F)cc2F)s1. The van der Waals surface area contributed by atoms with E-state index in [9.17, 15) is 17.2 Å². The molecule has 0 spiro atoms. The van der Waals surface area contributed by atoms with E-state index in [2.05, 4.69) is 4.72 Å². The number of benzene rings is 1. The highest BCUT2D eigenvalue weighted by molar-refractivity contribution is 7.94. The largest absolute Gasteiger partial charge is 0.276 e. The topological polar surface area (TPSA) is 46.2 Å². The minimum absolute atomic E-state index is 0.0868. The molecular weight excluding hydrogens is 280 g/mol. The molecule has 3 nitrogen and oxygen atoms in total. The number of aryl methyl sites for hydroxylation is 1. The molecule has 0 saturated carbocycles. The van der Waals surface area contributed by atoms with E-state index in [-0.39, 0.29) is 9.90 Å². The number of halogens is 2. The molecule has 0 aliphatic heterocycles. The second-order valence-corrected chi connectivity index (χ2v) is 6.79. The molecule has 0 aliphatic carbocycles. The van der Waals surface area contributed by atoms with Crippen molar-refractivity contribution in [2.75, 3.05) is 4.72 Å². The van der Waals surface area contributed by atoms with E-state index < -0.39 is 21.7 Å². The van der Waals surface area contributed by atoms with E-state index in [1.165, 1.54) is 6.07 Å². The van der Waals surface area contributed by atoms with Gasteiger partial charge in [-0.15, -0.1) is 11.3 Å². The van der Waals surface area contributed by atoms with Gasteiger partial charge in [-0.25, -0.2) is 17.2 Å². The zero-order chi connectivity index (χ0) is 13.3. The zero-order valence-electron chi connectivity index (χ0n) is 9.28. The smallest absolute Gasteiger partial charge is 0.271 e. The molecule has 1 aromatic heterocycles. The van der Waals surface area contributed by atoms with Crippen LogP contribution in [0.5, 0.6) is 0 Å². The third-order valence-electron chi connectivity index (χ3n) is 2.16. The molecule has 0 amide bonds. The maximum absolute atomic E-state index is 13.3. The van der Waals surface area contributed by atoms with E-state index in [0.717, 1.165) is 28.3 Å². The summed E-state index contributed by atoms with van der Waals surface area (Å²) in [6.07, 6.45) is 0. The normalized spacial score (nSPS) is 11.5. The lowest BCUT2D eigenvalue weighted by Gasteiger charge is -2.07. The quantitative estimate of drug-likeness (QED) is 0.943. The summed E-state index contributed by atoms with van der Waals surface area (Å²) in [5, 5.41) is 0. The van der Waals surface area contributed by atoms with Crippen LogP contribution >= 0.6 is 11.3 Å². The van der Waals surface area contributed by atoms with Gasteiger partial charge in [-0.1, -0.05) is 0 Å². The number of hydrogen-bond donors (Lipinski definition) is 1. The van der Waals surface area contributed by atoms with Gasteiger partial charge in [0.05, 0.1) is 5.69 Å². The Balaban J connectivity index is 2.33. The number of thiophene rings is 1. The molecule has 2 aromatic rings. The van der Waals surface area contributed by atoms with Gasteiger partial charge in [0, 0.05) is 10.9 Å². The number of rotatable bonds is 3. The Morgan fingerprint density at radius 1 is 1.17 bits per heavy atom. The Bertz CT molecular complexity index is 680. The maximum Gasteiger partial charge on any atom is 0.271 e. The first-order valence-corrected chi connectivity index (χ1v) is 7.23. The van der Waals surface area contributed by atoms with Crippen LogP contribution in [0.25, 0.3) is 0 Å². The highest BCUT2D eigenvalue weighted by atomic mass is 32.2. The molecule has 1 heterocycles. The molecule has 0 aliphatic rings. The van der Waals surface area contributed by atoms with E-state index >= 15 is 0 Å². The minimum Gasteiger partial charge on any atom is -0.276 e. The Morgan fingerprint density at radius 3 is 2.44 bits per heavy atom. The first-order valence-electron chi connectivity index (χ1n) is 4.93. The molecule has 96 valence electrons. The summed E-state index contributed by atoms with van der Waals surface area (Å²) in [6.45, 7) is 1.77. The number of sulfonamides is 1. The monoisotopic (exact) mass is 289 g/mol. The predicted octanol–water partition coefficient (Wildman–Crippen LogP) is 3.14. The van der Waals surface area contributed by atoms with Crippen molar-refractivity contribution in [2.45, 2.75) is 11.1 Å². The van der Waals surface area contributed by atoms with Crippen molar-refractivity contribution in [3.63, 3.8) is 0 Å². The van der Waals surface area contributed by atoms with Gasteiger partial charge in [0.2, 0.25) is 0 Å². The van der Waals surface area contributed by atoms with Crippen LogP contribution in [0.15, 0.2) is 34.5 Å². The second kappa shape index (κ2) is 4.66. The van der Waals surface area contributed by atoms with Crippen molar-refractivity contribution in [3.8, 4) is 0 Å². The molecule has 0 saturated heterocycles. The van der Waals surface area contributed by atoms with Gasteiger partial charge < -0.3 is 0 Å². The standard InChI is InChI=1S/C11H9F2NO2S2/c1-7-2-5-11(17-7)18(15,16)14-10-4-3-8(12)6-9(10)13/h2-6,14H,1H3. The van der Waals surface area contributed by atoms with Crippen molar-refractivity contribution in [2.24, 2.45) is 0 Å². The average Bonchev–Trinajstić information content (AvgIpc) is 2.70. The summed E-state index contributed by atoms with van der Waals surface area (Å²) in [6, 6.07) is 5.74. The van der Waals surface area contributed by atoms with Crippen LogP contribution in [0, 0.1) is 18.6 Å². The first kappa shape index (κ1) is 13.0. The van der Waals surface area contributed by atoms with E-state index in [1.54, 1.807) is 13.0 Å². The Labute approximate surface area is 107 Å². The van der Waals surface area contributed by atoms with Crippen LogP contribution in [0.2, 0.25) is 0 Å². The molecule has 0 bridgehead atoms. The molecule has 18 heavy (non-hydrogen) atoms. The lowest BCUT2D eigenvalue weighted by molar-refractivity contribution is 0.583. The van der Waals surface area contributed by atoms with Crippen LogP contribution in [0.4, 0.5) is 14.5 Å². The fourth-order valence-electron chi connectivity index (χ4n) is 1.32. The molecule has 2 rings (SSSR count). The average molecular weight is 289 g/mol. The van der Waals surface area contributed by atoms with Crippen molar-refractivity contribution in [3.05, 3.63) is 46.8 Å². The maximum atomic E-state index is 13.3. The van der Waals surface area contributed by atoms with Crippen LogP contribution in [0.1, 0.15) is 4.88 Å². The summed E-state index contributed by atoms with van der Waals surface area (Å²) >= 11 is 1.08. The van der Waals surface area contributed by atoms with E-state index in [0.29, 0.717) is 6.07 Å². The molecule has 1 aromatic carbocycles. The van der Waals surface area contributed by atoms with E-state index in [4.69, 9.17) is 0 Å². The molecule has 0 atom stereocenters. The highest BCUT2D eigenvalue weighted by Gasteiger charge is 2.18. The third-order valence-corrected chi connectivity index (χ3v) is 5.01. The van der Waals surface area contributed by atoms with Gasteiger partial charge in [-0.3, -0.25) is 4.72 Å². The zero-order valence-corrected chi connectivity index (χ0v) is 10.9. The lowest BCUT2D eigenvalue weighted by Crippen LogP contribution is -2.12. The van der Waals surface area contributed by atoms with Crippen LogP contribution < -0.4 is 4.72 Å². The van der Waals surface area contributed by atoms with Crippen molar-refractivity contribution < 1.29 is 17.2 Å². The first-order chi connectivity index (χ1) is 8.38. The summed E-state index contributed by atoms with van der Waals surface area (Å²) in [4.78, 5) is 0.829. The van der Waals surface area contributed by atoms with Crippen molar-refractivity contribution in [1.29, 1.82) is 0 Å². The van der Waals surface area contributed by atoms with Gasteiger partial charge in [-0.05, 0) is 31.2 Å².